The van der Waals surface area contributed by atoms with E-state index in [1.807, 2.05) is 6.92 Å². The molecule has 2 N–H and O–H groups in total. The molecule has 1 heterocycles. The Morgan fingerprint density at radius 3 is 2.48 bits per heavy atom. The smallest absolute Gasteiger partial charge is 0.309 e. The molecule has 0 bridgehead atoms. The molecule has 0 aliphatic carbocycles. The number of aryl methyl sites for hydroxylation is 1. The topological polar surface area (TPSA) is 95.6 Å². The SMILES string of the molecule is CNC(=O)C(=O)NCC[C@H]1CCCCN1S(=O)(=O)c1ccc(C)cc1. The lowest BCUT2D eigenvalue weighted by molar-refractivity contribution is -0.138. The van der Waals surface area contributed by atoms with Gasteiger partial charge in [-0.25, -0.2) is 8.42 Å². The number of hydrogen-bond acceptors (Lipinski definition) is 4. The van der Waals surface area contributed by atoms with Crippen molar-refractivity contribution in [3.63, 3.8) is 0 Å². The highest BCUT2D eigenvalue weighted by atomic mass is 32.2. The van der Waals surface area contributed by atoms with Crippen molar-refractivity contribution in [1.29, 1.82) is 0 Å². The zero-order valence-corrected chi connectivity index (χ0v) is 15.4. The molecule has 2 amide bonds. The minimum absolute atomic E-state index is 0.176. The maximum atomic E-state index is 12.9. The van der Waals surface area contributed by atoms with E-state index in [-0.39, 0.29) is 12.6 Å². The van der Waals surface area contributed by atoms with E-state index in [0.717, 1.165) is 24.8 Å². The highest BCUT2D eigenvalue weighted by Crippen LogP contribution is 2.27. The Hall–Kier alpha value is -1.93. The average Bonchev–Trinajstić information content (AvgIpc) is 2.61. The zero-order valence-electron chi connectivity index (χ0n) is 14.6. The van der Waals surface area contributed by atoms with E-state index in [2.05, 4.69) is 10.6 Å². The van der Waals surface area contributed by atoms with Crippen LogP contribution >= 0.6 is 0 Å². The minimum Gasteiger partial charge on any atom is -0.351 e. The number of hydrogen-bond donors (Lipinski definition) is 2. The third kappa shape index (κ3) is 4.79. The molecule has 8 heteroatoms. The van der Waals surface area contributed by atoms with Gasteiger partial charge in [-0.05, 0) is 38.3 Å². The number of sulfonamides is 1. The van der Waals surface area contributed by atoms with Gasteiger partial charge in [0.1, 0.15) is 0 Å². The molecule has 2 rings (SSSR count). The van der Waals surface area contributed by atoms with Gasteiger partial charge in [0.2, 0.25) is 10.0 Å². The van der Waals surface area contributed by atoms with Crippen molar-refractivity contribution in [3.05, 3.63) is 29.8 Å². The number of piperidine rings is 1. The number of rotatable bonds is 5. The van der Waals surface area contributed by atoms with Crippen LogP contribution in [0.3, 0.4) is 0 Å². The van der Waals surface area contributed by atoms with Crippen LogP contribution < -0.4 is 10.6 Å². The molecular weight excluding hydrogens is 342 g/mol. The average molecular weight is 367 g/mol. The van der Waals surface area contributed by atoms with Crippen LogP contribution in [0.1, 0.15) is 31.2 Å². The normalized spacial score (nSPS) is 18.6. The Bertz CT molecular complexity index is 716. The lowest BCUT2D eigenvalue weighted by Crippen LogP contribution is -2.46. The molecule has 25 heavy (non-hydrogen) atoms. The number of carbonyl (C=O) groups excluding carboxylic acids is 2. The fraction of sp³-hybridized carbons (Fsp3) is 0.529. The van der Waals surface area contributed by atoms with Crippen molar-refractivity contribution in [2.24, 2.45) is 0 Å². The van der Waals surface area contributed by atoms with Crippen molar-refractivity contribution in [3.8, 4) is 0 Å². The monoisotopic (exact) mass is 367 g/mol. The maximum Gasteiger partial charge on any atom is 0.309 e. The first-order valence-corrected chi connectivity index (χ1v) is 9.88. The summed E-state index contributed by atoms with van der Waals surface area (Å²) in [6.07, 6.45) is 3.01. The van der Waals surface area contributed by atoms with Crippen molar-refractivity contribution in [1.82, 2.24) is 14.9 Å². The number of carbonyl (C=O) groups is 2. The standard InChI is InChI=1S/C17H25N3O4S/c1-13-6-8-15(9-7-13)25(23,24)20-12-4-3-5-14(20)10-11-19-17(22)16(21)18-2/h6-9,14H,3-5,10-12H2,1-2H3,(H,18,21)(H,19,22)/t14-/m1/s1. The third-order valence-electron chi connectivity index (χ3n) is 4.40. The van der Waals surface area contributed by atoms with E-state index in [1.165, 1.54) is 11.4 Å². The van der Waals surface area contributed by atoms with Crippen LogP contribution in [0.15, 0.2) is 29.2 Å². The van der Waals surface area contributed by atoms with Crippen LogP contribution in [0.25, 0.3) is 0 Å². The summed E-state index contributed by atoms with van der Waals surface area (Å²) in [5, 5.41) is 4.78. The molecule has 0 saturated carbocycles. The number of nitrogens with zero attached hydrogens (tertiary/aromatic N) is 1. The molecule has 1 fully saturated rings. The predicted molar refractivity (Wildman–Crippen MR) is 94.4 cm³/mol. The molecule has 0 radical (unpaired) electrons. The summed E-state index contributed by atoms with van der Waals surface area (Å²) in [5.41, 5.74) is 1.01. The summed E-state index contributed by atoms with van der Waals surface area (Å²) >= 11 is 0. The van der Waals surface area contributed by atoms with Gasteiger partial charge in [0.25, 0.3) is 0 Å². The molecule has 0 unspecified atom stereocenters. The highest BCUT2D eigenvalue weighted by Gasteiger charge is 2.33. The fourth-order valence-electron chi connectivity index (χ4n) is 2.97. The van der Waals surface area contributed by atoms with Crippen molar-refractivity contribution >= 4 is 21.8 Å². The molecule has 7 nitrogen and oxygen atoms in total. The van der Waals surface area contributed by atoms with E-state index in [0.29, 0.717) is 17.9 Å². The molecule has 0 aromatic heterocycles. The molecule has 1 aromatic carbocycles. The largest absolute Gasteiger partial charge is 0.351 e. The molecule has 1 aliphatic rings. The molecule has 1 aromatic rings. The van der Waals surface area contributed by atoms with Gasteiger partial charge in [0, 0.05) is 26.2 Å². The molecule has 138 valence electrons. The van der Waals surface area contributed by atoms with Gasteiger partial charge in [-0.2, -0.15) is 4.31 Å². The first-order chi connectivity index (χ1) is 11.9. The number of nitrogens with one attached hydrogen (secondary N) is 2. The van der Waals surface area contributed by atoms with Gasteiger partial charge in [-0.1, -0.05) is 24.1 Å². The van der Waals surface area contributed by atoms with Crippen molar-refractivity contribution < 1.29 is 18.0 Å². The van der Waals surface area contributed by atoms with Crippen LogP contribution in [0.5, 0.6) is 0 Å². The maximum absolute atomic E-state index is 12.9. The molecule has 1 aliphatic heterocycles. The van der Waals surface area contributed by atoms with Gasteiger partial charge in [0.15, 0.2) is 0 Å². The van der Waals surface area contributed by atoms with Crippen LogP contribution in [-0.4, -0.2) is 50.7 Å². The van der Waals surface area contributed by atoms with Crippen LogP contribution in [0, 0.1) is 6.92 Å². The van der Waals surface area contributed by atoms with Crippen molar-refractivity contribution in [2.75, 3.05) is 20.1 Å². The quantitative estimate of drug-likeness (QED) is 0.752. The Morgan fingerprint density at radius 2 is 1.84 bits per heavy atom. The summed E-state index contributed by atoms with van der Waals surface area (Å²) in [4.78, 5) is 23.0. The second-order valence-corrected chi connectivity index (χ2v) is 8.09. The number of likely N-dealkylation sites (N-methyl/N-ethyl adjacent to an activating group) is 1. The number of benzene rings is 1. The van der Waals surface area contributed by atoms with Gasteiger partial charge in [0.05, 0.1) is 4.90 Å². The van der Waals surface area contributed by atoms with E-state index in [1.54, 1.807) is 24.3 Å². The Kier molecular flexibility index (Phi) is 6.55. The van der Waals surface area contributed by atoms with E-state index >= 15 is 0 Å². The third-order valence-corrected chi connectivity index (χ3v) is 6.36. The second-order valence-electron chi connectivity index (χ2n) is 6.20. The van der Waals surface area contributed by atoms with Gasteiger partial charge in [-0.15, -0.1) is 0 Å². The fourth-order valence-corrected chi connectivity index (χ4v) is 4.69. The van der Waals surface area contributed by atoms with Crippen LogP contribution in [0.2, 0.25) is 0 Å². The van der Waals surface area contributed by atoms with Gasteiger partial charge >= 0.3 is 11.8 Å². The first kappa shape index (κ1) is 19.4. The lowest BCUT2D eigenvalue weighted by atomic mass is 10.0. The molecule has 1 atom stereocenters. The number of amides is 2. The van der Waals surface area contributed by atoms with Gasteiger partial charge in [-0.3, -0.25) is 9.59 Å². The highest BCUT2D eigenvalue weighted by molar-refractivity contribution is 7.89. The summed E-state index contributed by atoms with van der Waals surface area (Å²) in [7, 11) is -2.17. The Balaban J connectivity index is 2.05. The zero-order chi connectivity index (χ0) is 18.4. The summed E-state index contributed by atoms with van der Waals surface area (Å²) < 4.78 is 27.4. The van der Waals surface area contributed by atoms with Gasteiger partial charge < -0.3 is 10.6 Å². The van der Waals surface area contributed by atoms with E-state index < -0.39 is 21.8 Å². The predicted octanol–water partition coefficient (Wildman–Crippen LogP) is 0.791. The summed E-state index contributed by atoms with van der Waals surface area (Å²) in [6.45, 7) is 2.65. The summed E-state index contributed by atoms with van der Waals surface area (Å²) in [5.74, 6) is -1.40. The van der Waals surface area contributed by atoms with Crippen LogP contribution in [-0.2, 0) is 19.6 Å². The minimum atomic E-state index is -3.56. The Labute approximate surface area is 148 Å². The first-order valence-electron chi connectivity index (χ1n) is 8.44. The Morgan fingerprint density at radius 1 is 1.16 bits per heavy atom. The lowest BCUT2D eigenvalue weighted by Gasteiger charge is -2.34. The molecular formula is C17H25N3O4S. The van der Waals surface area contributed by atoms with E-state index in [4.69, 9.17) is 0 Å². The second kappa shape index (κ2) is 8.44. The molecule has 1 saturated heterocycles. The molecule has 0 spiro atoms. The summed E-state index contributed by atoms with van der Waals surface area (Å²) in [6, 6.07) is 6.66. The van der Waals surface area contributed by atoms with E-state index in [9.17, 15) is 18.0 Å². The van der Waals surface area contributed by atoms with Crippen LogP contribution in [0.4, 0.5) is 0 Å². The van der Waals surface area contributed by atoms with Crippen molar-refractivity contribution in [2.45, 2.75) is 43.5 Å².